The highest BCUT2D eigenvalue weighted by atomic mass is 16.2. The minimum Gasteiger partial charge on any atom is -0.325 e. The first kappa shape index (κ1) is 12.2. The molecule has 0 aromatic carbocycles. The van der Waals surface area contributed by atoms with Crippen LogP contribution >= 0.6 is 0 Å². The van der Waals surface area contributed by atoms with E-state index in [9.17, 15) is 9.59 Å². The third-order valence-electron chi connectivity index (χ3n) is 3.87. The first-order valence-corrected chi connectivity index (χ1v) is 6.81. The Bertz CT molecular complexity index is 549. The monoisotopic (exact) mass is 262 g/mol. The lowest BCUT2D eigenvalue weighted by molar-refractivity contribution is -0.119. The van der Waals surface area contributed by atoms with Gasteiger partial charge in [0.25, 0.3) is 5.91 Å². The normalized spacial score (nSPS) is 22.0. The van der Waals surface area contributed by atoms with Crippen molar-refractivity contribution in [1.82, 2.24) is 14.7 Å². The van der Waals surface area contributed by atoms with Crippen molar-refractivity contribution in [3.8, 4) is 0 Å². The fraction of sp³-hybridized carbons (Fsp3) is 0.615. The zero-order chi connectivity index (χ0) is 13.6. The number of carbonyl (C=O) groups excluding carboxylic acids is 2. The molecule has 2 aliphatic rings. The highest BCUT2D eigenvalue weighted by Gasteiger charge is 2.40. The molecule has 2 amide bonds. The summed E-state index contributed by atoms with van der Waals surface area (Å²) < 4.78 is 1.60. The molecule has 0 bridgehead atoms. The Morgan fingerprint density at radius 2 is 2.21 bits per heavy atom. The van der Waals surface area contributed by atoms with Crippen LogP contribution < -0.4 is 5.32 Å². The SMILES string of the molecule is CCCc1nn(C)c2c1NC(=O)[C@@H]1CCCN1C2=O. The second-order valence-corrected chi connectivity index (χ2v) is 5.19. The lowest BCUT2D eigenvalue weighted by Crippen LogP contribution is -2.41. The van der Waals surface area contributed by atoms with E-state index >= 15 is 0 Å². The lowest BCUT2D eigenvalue weighted by atomic mass is 10.2. The largest absolute Gasteiger partial charge is 0.325 e. The molecule has 2 aliphatic heterocycles. The molecule has 19 heavy (non-hydrogen) atoms. The van der Waals surface area contributed by atoms with Crippen LogP contribution in [0.25, 0.3) is 0 Å². The zero-order valence-electron chi connectivity index (χ0n) is 11.3. The van der Waals surface area contributed by atoms with Gasteiger partial charge in [-0.2, -0.15) is 5.10 Å². The van der Waals surface area contributed by atoms with E-state index in [1.54, 1.807) is 16.6 Å². The van der Waals surface area contributed by atoms with E-state index in [2.05, 4.69) is 17.3 Å². The number of aromatic nitrogens is 2. The van der Waals surface area contributed by atoms with Gasteiger partial charge in [0, 0.05) is 13.6 Å². The van der Waals surface area contributed by atoms with Crippen molar-refractivity contribution >= 4 is 17.5 Å². The molecule has 1 saturated heterocycles. The quantitative estimate of drug-likeness (QED) is 0.862. The maximum atomic E-state index is 12.6. The number of nitrogens with one attached hydrogen (secondary N) is 1. The molecular formula is C13H18N4O2. The number of aryl methyl sites for hydroxylation is 2. The second-order valence-electron chi connectivity index (χ2n) is 5.19. The summed E-state index contributed by atoms with van der Waals surface area (Å²) in [5.74, 6) is -0.150. The Kier molecular flexibility index (Phi) is 2.80. The van der Waals surface area contributed by atoms with Crippen molar-refractivity contribution in [1.29, 1.82) is 0 Å². The van der Waals surface area contributed by atoms with Crippen LogP contribution in [-0.2, 0) is 18.3 Å². The third-order valence-corrected chi connectivity index (χ3v) is 3.87. The van der Waals surface area contributed by atoms with E-state index in [1.807, 2.05) is 0 Å². The average molecular weight is 262 g/mol. The van der Waals surface area contributed by atoms with Gasteiger partial charge in [0.2, 0.25) is 5.91 Å². The maximum absolute atomic E-state index is 12.6. The summed E-state index contributed by atoms with van der Waals surface area (Å²) in [6, 6.07) is -0.311. The summed E-state index contributed by atoms with van der Waals surface area (Å²) in [6.07, 6.45) is 3.34. The third kappa shape index (κ3) is 1.74. The van der Waals surface area contributed by atoms with Gasteiger partial charge in [-0.1, -0.05) is 13.3 Å². The standard InChI is InChI=1S/C13H18N4O2/c1-3-5-8-10-11(16(2)15-8)13(19)17-7-4-6-9(17)12(18)14-10/h9H,3-7H2,1-2H3,(H,14,18)/t9-/m0/s1. The molecule has 6 nitrogen and oxygen atoms in total. The zero-order valence-corrected chi connectivity index (χ0v) is 11.3. The van der Waals surface area contributed by atoms with Crippen molar-refractivity contribution in [2.75, 3.05) is 11.9 Å². The molecule has 0 unspecified atom stereocenters. The van der Waals surface area contributed by atoms with Gasteiger partial charge in [-0.15, -0.1) is 0 Å². The Labute approximate surface area is 111 Å². The fourth-order valence-corrected chi connectivity index (χ4v) is 2.99. The molecule has 3 rings (SSSR count). The molecule has 1 fully saturated rings. The van der Waals surface area contributed by atoms with Crippen LogP contribution in [0.1, 0.15) is 42.4 Å². The van der Waals surface area contributed by atoms with E-state index in [-0.39, 0.29) is 17.9 Å². The Balaban J connectivity index is 2.10. The molecular weight excluding hydrogens is 244 g/mol. The maximum Gasteiger partial charge on any atom is 0.274 e. The van der Waals surface area contributed by atoms with Crippen LogP contribution in [0.3, 0.4) is 0 Å². The van der Waals surface area contributed by atoms with Gasteiger partial charge in [0.05, 0.1) is 11.4 Å². The fourth-order valence-electron chi connectivity index (χ4n) is 2.99. The number of rotatable bonds is 2. The van der Waals surface area contributed by atoms with Crippen molar-refractivity contribution in [2.24, 2.45) is 7.05 Å². The van der Waals surface area contributed by atoms with Gasteiger partial charge >= 0.3 is 0 Å². The summed E-state index contributed by atoms with van der Waals surface area (Å²) in [7, 11) is 1.76. The highest BCUT2D eigenvalue weighted by molar-refractivity contribution is 6.09. The molecule has 1 N–H and O–H groups in total. The molecule has 0 radical (unpaired) electrons. The summed E-state index contributed by atoms with van der Waals surface area (Å²) in [6.45, 7) is 2.71. The van der Waals surface area contributed by atoms with E-state index in [0.29, 0.717) is 17.9 Å². The summed E-state index contributed by atoms with van der Waals surface area (Å²) >= 11 is 0. The highest BCUT2D eigenvalue weighted by Crippen LogP contribution is 2.31. The van der Waals surface area contributed by atoms with Crippen molar-refractivity contribution < 1.29 is 9.59 Å². The number of amides is 2. The van der Waals surface area contributed by atoms with Gasteiger partial charge in [-0.25, -0.2) is 0 Å². The number of carbonyl (C=O) groups is 2. The minimum atomic E-state index is -0.311. The molecule has 0 aliphatic carbocycles. The molecule has 1 aromatic rings. The topological polar surface area (TPSA) is 67.2 Å². The van der Waals surface area contributed by atoms with Crippen LogP contribution in [-0.4, -0.2) is 39.1 Å². The number of nitrogens with zero attached hydrogens (tertiary/aromatic N) is 3. The van der Waals surface area contributed by atoms with Gasteiger partial charge in [0.1, 0.15) is 11.7 Å². The summed E-state index contributed by atoms with van der Waals surface area (Å²) in [5, 5.41) is 7.29. The number of fused-ring (bicyclic) bond motifs is 2. The minimum absolute atomic E-state index is 0.0741. The van der Waals surface area contributed by atoms with Crippen molar-refractivity contribution in [3.05, 3.63) is 11.4 Å². The molecule has 1 aromatic heterocycles. The Morgan fingerprint density at radius 3 is 2.95 bits per heavy atom. The van der Waals surface area contributed by atoms with Crippen LogP contribution in [0, 0.1) is 0 Å². The summed E-state index contributed by atoms with van der Waals surface area (Å²) in [4.78, 5) is 26.5. The number of anilines is 1. The Hall–Kier alpha value is -1.85. The van der Waals surface area contributed by atoms with Crippen LogP contribution in [0.5, 0.6) is 0 Å². The smallest absolute Gasteiger partial charge is 0.274 e. The van der Waals surface area contributed by atoms with E-state index in [4.69, 9.17) is 0 Å². The first-order valence-electron chi connectivity index (χ1n) is 6.81. The van der Waals surface area contributed by atoms with E-state index < -0.39 is 0 Å². The molecule has 6 heteroatoms. The van der Waals surface area contributed by atoms with Gasteiger partial charge < -0.3 is 10.2 Å². The summed E-state index contributed by atoms with van der Waals surface area (Å²) in [5.41, 5.74) is 1.94. The molecule has 3 heterocycles. The van der Waals surface area contributed by atoms with Gasteiger partial charge in [-0.05, 0) is 19.3 Å². The average Bonchev–Trinajstić information content (AvgIpc) is 2.93. The Morgan fingerprint density at radius 1 is 1.42 bits per heavy atom. The van der Waals surface area contributed by atoms with Crippen LogP contribution in [0.2, 0.25) is 0 Å². The molecule has 1 atom stereocenters. The lowest BCUT2D eigenvalue weighted by Gasteiger charge is -2.20. The second kappa shape index (κ2) is 4.36. The van der Waals surface area contributed by atoms with Crippen molar-refractivity contribution in [3.63, 3.8) is 0 Å². The number of hydrogen-bond donors (Lipinski definition) is 1. The van der Waals surface area contributed by atoms with Crippen molar-refractivity contribution in [2.45, 2.75) is 38.6 Å². The predicted molar refractivity (Wildman–Crippen MR) is 69.9 cm³/mol. The molecule has 0 spiro atoms. The van der Waals surface area contributed by atoms with Gasteiger partial charge in [-0.3, -0.25) is 14.3 Å². The molecule has 102 valence electrons. The predicted octanol–water partition coefficient (Wildman–Crippen LogP) is 0.929. The van der Waals surface area contributed by atoms with E-state index in [0.717, 1.165) is 31.4 Å². The van der Waals surface area contributed by atoms with Gasteiger partial charge in [0.15, 0.2) is 0 Å². The first-order chi connectivity index (χ1) is 9.13. The van der Waals surface area contributed by atoms with Crippen LogP contribution in [0.4, 0.5) is 5.69 Å². The van der Waals surface area contributed by atoms with Crippen LogP contribution in [0.15, 0.2) is 0 Å². The molecule has 0 saturated carbocycles. The number of hydrogen-bond acceptors (Lipinski definition) is 3. The van der Waals surface area contributed by atoms with E-state index in [1.165, 1.54) is 0 Å².